The average Bonchev–Trinajstić information content (AvgIpc) is 2.34. The van der Waals surface area contributed by atoms with Crippen LogP contribution in [-0.2, 0) is 6.42 Å². The van der Waals surface area contributed by atoms with Crippen LogP contribution in [0.25, 0.3) is 0 Å². The van der Waals surface area contributed by atoms with Crippen LogP contribution in [-0.4, -0.2) is 5.78 Å². The van der Waals surface area contributed by atoms with Crippen molar-refractivity contribution in [1.29, 1.82) is 0 Å². The van der Waals surface area contributed by atoms with E-state index in [0.717, 1.165) is 4.47 Å². The van der Waals surface area contributed by atoms with Gasteiger partial charge in [0.2, 0.25) is 0 Å². The van der Waals surface area contributed by atoms with Crippen LogP contribution >= 0.6 is 27.5 Å². The van der Waals surface area contributed by atoms with E-state index >= 15 is 0 Å². The van der Waals surface area contributed by atoms with Crippen LogP contribution in [0.1, 0.15) is 15.9 Å². The van der Waals surface area contributed by atoms with Crippen molar-refractivity contribution in [3.8, 4) is 0 Å². The maximum absolute atomic E-state index is 13.1. The predicted octanol–water partition coefficient (Wildman–Crippen LogP) is 4.67. The number of Topliss-reactive ketones (excluding diaryl/α,β-unsaturated/α-hetero) is 1. The molecule has 0 saturated heterocycles. The Labute approximate surface area is 118 Å². The Morgan fingerprint density at radius 3 is 2.67 bits per heavy atom. The first-order chi connectivity index (χ1) is 8.58. The van der Waals surface area contributed by atoms with Crippen molar-refractivity contribution in [1.82, 2.24) is 0 Å². The molecule has 0 aliphatic heterocycles. The van der Waals surface area contributed by atoms with E-state index < -0.39 is 5.82 Å². The highest BCUT2D eigenvalue weighted by Gasteiger charge is 2.12. The molecular weight excluding hydrogens is 319 g/mol. The van der Waals surface area contributed by atoms with Crippen LogP contribution in [0, 0.1) is 5.82 Å². The maximum Gasteiger partial charge on any atom is 0.168 e. The minimum absolute atomic E-state index is 0.0825. The van der Waals surface area contributed by atoms with Gasteiger partial charge in [-0.2, -0.15) is 0 Å². The lowest BCUT2D eigenvalue weighted by Gasteiger charge is -2.05. The molecule has 0 saturated carbocycles. The van der Waals surface area contributed by atoms with Gasteiger partial charge in [-0.05, 0) is 29.8 Å². The van der Waals surface area contributed by atoms with Gasteiger partial charge in [0.15, 0.2) is 5.78 Å². The summed E-state index contributed by atoms with van der Waals surface area (Å²) in [6.07, 6.45) is 0.0825. The number of carbonyl (C=O) groups excluding carboxylic acids is 1. The van der Waals surface area contributed by atoms with E-state index in [0.29, 0.717) is 16.1 Å². The molecule has 4 heteroatoms. The monoisotopic (exact) mass is 326 g/mol. The molecule has 0 bridgehead atoms. The summed E-state index contributed by atoms with van der Waals surface area (Å²) in [4.78, 5) is 12.1. The third kappa shape index (κ3) is 2.98. The Hall–Kier alpha value is -1.19. The van der Waals surface area contributed by atoms with E-state index in [1.54, 1.807) is 18.2 Å². The first kappa shape index (κ1) is 13.2. The summed E-state index contributed by atoms with van der Waals surface area (Å²) in [5.74, 6) is -0.496. The van der Waals surface area contributed by atoms with Gasteiger partial charge in [0.25, 0.3) is 0 Å². The SMILES string of the molecule is O=C(Cc1cc(F)ccc1Cl)c1ccccc1Br. The minimum atomic E-state index is -0.394. The molecule has 0 heterocycles. The lowest BCUT2D eigenvalue weighted by molar-refractivity contribution is 0.0992. The number of hydrogen-bond acceptors (Lipinski definition) is 1. The second kappa shape index (κ2) is 5.63. The van der Waals surface area contributed by atoms with Crippen molar-refractivity contribution >= 4 is 33.3 Å². The largest absolute Gasteiger partial charge is 0.294 e. The summed E-state index contributed by atoms with van der Waals surface area (Å²) >= 11 is 9.25. The third-order valence-corrected chi connectivity index (χ3v) is 3.59. The van der Waals surface area contributed by atoms with Crippen molar-refractivity contribution in [2.24, 2.45) is 0 Å². The number of rotatable bonds is 3. The number of benzene rings is 2. The zero-order chi connectivity index (χ0) is 13.1. The molecule has 0 aliphatic carbocycles. The highest BCUT2D eigenvalue weighted by atomic mass is 79.9. The number of hydrogen-bond donors (Lipinski definition) is 0. The molecule has 2 aromatic rings. The quantitative estimate of drug-likeness (QED) is 0.749. The molecule has 0 amide bonds. The summed E-state index contributed by atoms with van der Waals surface area (Å²) in [7, 11) is 0. The molecule has 92 valence electrons. The third-order valence-electron chi connectivity index (χ3n) is 2.53. The van der Waals surface area contributed by atoms with Crippen LogP contribution in [0.5, 0.6) is 0 Å². The van der Waals surface area contributed by atoms with Gasteiger partial charge in [-0.1, -0.05) is 45.7 Å². The van der Waals surface area contributed by atoms with Crippen molar-refractivity contribution in [2.45, 2.75) is 6.42 Å². The lowest BCUT2D eigenvalue weighted by atomic mass is 10.0. The van der Waals surface area contributed by atoms with E-state index in [9.17, 15) is 9.18 Å². The van der Waals surface area contributed by atoms with Crippen molar-refractivity contribution in [3.05, 3.63) is 68.9 Å². The van der Waals surface area contributed by atoms with E-state index in [-0.39, 0.29) is 12.2 Å². The molecule has 0 aliphatic rings. The van der Waals surface area contributed by atoms with Crippen LogP contribution in [0.3, 0.4) is 0 Å². The maximum atomic E-state index is 13.1. The van der Waals surface area contributed by atoms with Gasteiger partial charge in [0.05, 0.1) is 0 Å². The van der Waals surface area contributed by atoms with Crippen LogP contribution in [0.2, 0.25) is 5.02 Å². The smallest absolute Gasteiger partial charge is 0.168 e. The van der Waals surface area contributed by atoms with E-state index in [1.807, 2.05) is 6.07 Å². The van der Waals surface area contributed by atoms with Gasteiger partial charge in [-0.25, -0.2) is 4.39 Å². The molecule has 0 radical (unpaired) electrons. The van der Waals surface area contributed by atoms with Crippen LogP contribution in [0.15, 0.2) is 46.9 Å². The molecule has 0 aromatic heterocycles. The fourth-order valence-electron chi connectivity index (χ4n) is 1.63. The van der Waals surface area contributed by atoms with Gasteiger partial charge in [0.1, 0.15) is 5.82 Å². The van der Waals surface area contributed by atoms with Crippen LogP contribution < -0.4 is 0 Å². The van der Waals surface area contributed by atoms with E-state index in [1.165, 1.54) is 18.2 Å². The average molecular weight is 328 g/mol. The summed E-state index contributed by atoms with van der Waals surface area (Å²) in [5.41, 5.74) is 1.07. The molecule has 2 rings (SSSR count). The fourth-order valence-corrected chi connectivity index (χ4v) is 2.32. The fraction of sp³-hybridized carbons (Fsp3) is 0.0714. The Bertz CT molecular complexity index is 598. The highest BCUT2D eigenvalue weighted by Crippen LogP contribution is 2.22. The van der Waals surface area contributed by atoms with Crippen molar-refractivity contribution in [2.75, 3.05) is 0 Å². The molecule has 0 fully saturated rings. The Balaban J connectivity index is 2.27. The van der Waals surface area contributed by atoms with Gasteiger partial charge in [-0.15, -0.1) is 0 Å². The van der Waals surface area contributed by atoms with Crippen molar-refractivity contribution < 1.29 is 9.18 Å². The molecule has 0 atom stereocenters. The first-order valence-electron chi connectivity index (χ1n) is 5.29. The number of ketones is 1. The summed E-state index contributed by atoms with van der Waals surface area (Å²) in [6, 6.07) is 11.1. The van der Waals surface area contributed by atoms with Crippen molar-refractivity contribution in [3.63, 3.8) is 0 Å². The van der Waals surface area contributed by atoms with E-state index in [4.69, 9.17) is 11.6 Å². The summed E-state index contributed by atoms with van der Waals surface area (Å²) in [5, 5.41) is 0.400. The van der Waals surface area contributed by atoms with Gasteiger partial charge < -0.3 is 0 Å². The Morgan fingerprint density at radius 2 is 1.94 bits per heavy atom. The topological polar surface area (TPSA) is 17.1 Å². The van der Waals surface area contributed by atoms with Crippen LogP contribution in [0.4, 0.5) is 4.39 Å². The second-order valence-corrected chi connectivity index (χ2v) is 5.08. The Kier molecular flexibility index (Phi) is 4.15. The predicted molar refractivity (Wildman–Crippen MR) is 73.6 cm³/mol. The van der Waals surface area contributed by atoms with E-state index in [2.05, 4.69) is 15.9 Å². The zero-order valence-corrected chi connectivity index (χ0v) is 11.6. The highest BCUT2D eigenvalue weighted by molar-refractivity contribution is 9.10. The molecule has 0 spiro atoms. The Morgan fingerprint density at radius 1 is 1.22 bits per heavy atom. The number of halogens is 3. The minimum Gasteiger partial charge on any atom is -0.294 e. The molecule has 2 aromatic carbocycles. The molecule has 18 heavy (non-hydrogen) atoms. The van der Waals surface area contributed by atoms with Gasteiger partial charge in [-0.3, -0.25) is 4.79 Å². The van der Waals surface area contributed by atoms with Gasteiger partial charge in [0, 0.05) is 21.5 Å². The zero-order valence-electron chi connectivity index (χ0n) is 9.29. The first-order valence-corrected chi connectivity index (χ1v) is 6.46. The molecule has 0 N–H and O–H groups in total. The normalized spacial score (nSPS) is 10.4. The second-order valence-electron chi connectivity index (χ2n) is 3.82. The lowest BCUT2D eigenvalue weighted by Crippen LogP contribution is -2.05. The molecular formula is C14H9BrClFO. The molecule has 1 nitrogen and oxygen atoms in total. The number of carbonyl (C=O) groups is 1. The molecule has 0 unspecified atom stereocenters. The van der Waals surface area contributed by atoms with Gasteiger partial charge >= 0.3 is 0 Å². The summed E-state index contributed by atoms with van der Waals surface area (Å²) < 4.78 is 13.8. The standard InChI is InChI=1S/C14H9BrClFO/c15-12-4-2-1-3-11(12)14(18)8-9-7-10(17)5-6-13(9)16/h1-7H,8H2. The summed E-state index contributed by atoms with van der Waals surface area (Å²) in [6.45, 7) is 0.